The first kappa shape index (κ1) is 13.5. The lowest BCUT2D eigenvalue weighted by molar-refractivity contribution is -0.135. The van der Waals surface area contributed by atoms with E-state index in [4.69, 9.17) is 0 Å². The number of carbonyl (C=O) groups excluding carboxylic acids is 2. The van der Waals surface area contributed by atoms with Gasteiger partial charge in [-0.25, -0.2) is 4.39 Å². The SMILES string of the molecule is CC(=O)N(CC(=O)NC1CC1)Cc1ccc(F)cc1. The number of nitrogens with one attached hydrogen (secondary N) is 1. The molecule has 0 aromatic heterocycles. The smallest absolute Gasteiger partial charge is 0.239 e. The molecule has 102 valence electrons. The standard InChI is InChI=1S/C14H17FN2O2/c1-10(18)17(9-14(19)16-13-6-7-13)8-11-2-4-12(15)5-3-11/h2-5,13H,6-9H2,1H3,(H,16,19). The molecule has 1 aromatic rings. The average Bonchev–Trinajstić information content (AvgIpc) is 3.14. The molecule has 1 aromatic carbocycles. The van der Waals surface area contributed by atoms with Crippen LogP contribution in [-0.2, 0) is 16.1 Å². The highest BCUT2D eigenvalue weighted by molar-refractivity contribution is 5.84. The van der Waals surface area contributed by atoms with E-state index in [-0.39, 0.29) is 30.2 Å². The summed E-state index contributed by atoms with van der Waals surface area (Å²) in [5.74, 6) is -0.625. The second-order valence-corrected chi connectivity index (χ2v) is 4.84. The predicted molar refractivity (Wildman–Crippen MR) is 68.7 cm³/mol. The first-order chi connectivity index (χ1) is 9.04. The zero-order valence-corrected chi connectivity index (χ0v) is 10.9. The van der Waals surface area contributed by atoms with Gasteiger partial charge in [0.25, 0.3) is 0 Å². The van der Waals surface area contributed by atoms with Gasteiger partial charge in [0.2, 0.25) is 11.8 Å². The van der Waals surface area contributed by atoms with Crippen LogP contribution in [0.3, 0.4) is 0 Å². The third-order valence-electron chi connectivity index (χ3n) is 3.01. The monoisotopic (exact) mass is 264 g/mol. The molecule has 1 saturated carbocycles. The van der Waals surface area contributed by atoms with Crippen molar-refractivity contribution in [2.75, 3.05) is 6.54 Å². The fourth-order valence-electron chi connectivity index (χ4n) is 1.76. The molecule has 0 atom stereocenters. The third kappa shape index (κ3) is 4.35. The number of amides is 2. The van der Waals surface area contributed by atoms with Crippen LogP contribution in [-0.4, -0.2) is 29.3 Å². The number of halogens is 1. The predicted octanol–water partition coefficient (Wildman–Crippen LogP) is 1.45. The van der Waals surface area contributed by atoms with Crippen LogP contribution in [0.2, 0.25) is 0 Å². The summed E-state index contributed by atoms with van der Waals surface area (Å²) in [5.41, 5.74) is 0.802. The molecule has 4 nitrogen and oxygen atoms in total. The Kier molecular flexibility index (Phi) is 4.14. The van der Waals surface area contributed by atoms with Gasteiger partial charge in [-0.3, -0.25) is 9.59 Å². The molecule has 5 heteroatoms. The van der Waals surface area contributed by atoms with Gasteiger partial charge in [-0.15, -0.1) is 0 Å². The van der Waals surface area contributed by atoms with Crippen LogP contribution < -0.4 is 5.32 Å². The maximum atomic E-state index is 12.8. The second-order valence-electron chi connectivity index (χ2n) is 4.84. The van der Waals surface area contributed by atoms with Gasteiger partial charge in [0.05, 0.1) is 6.54 Å². The largest absolute Gasteiger partial charge is 0.352 e. The third-order valence-corrected chi connectivity index (χ3v) is 3.01. The molecule has 0 bridgehead atoms. The molecule has 0 spiro atoms. The van der Waals surface area contributed by atoms with E-state index in [1.165, 1.54) is 24.0 Å². The molecule has 2 rings (SSSR count). The molecule has 0 saturated heterocycles. The molecule has 0 radical (unpaired) electrons. The minimum absolute atomic E-state index is 0.0449. The Hall–Kier alpha value is -1.91. The molecule has 0 aliphatic heterocycles. The molecule has 1 fully saturated rings. The molecular weight excluding hydrogens is 247 g/mol. The summed E-state index contributed by atoms with van der Waals surface area (Å²) < 4.78 is 12.8. The number of hydrogen-bond donors (Lipinski definition) is 1. The summed E-state index contributed by atoms with van der Waals surface area (Å²) >= 11 is 0. The Morgan fingerprint density at radius 3 is 2.47 bits per heavy atom. The topological polar surface area (TPSA) is 49.4 Å². The lowest BCUT2D eigenvalue weighted by atomic mass is 10.2. The number of hydrogen-bond acceptors (Lipinski definition) is 2. The Bertz CT molecular complexity index is 469. The van der Waals surface area contributed by atoms with Crippen LogP contribution in [0.15, 0.2) is 24.3 Å². The van der Waals surface area contributed by atoms with Crippen molar-refractivity contribution in [3.8, 4) is 0 Å². The second kappa shape index (κ2) is 5.82. The minimum atomic E-state index is -0.315. The summed E-state index contributed by atoms with van der Waals surface area (Å²) in [7, 11) is 0. The van der Waals surface area contributed by atoms with Gasteiger partial charge in [0.1, 0.15) is 5.82 Å². The van der Waals surface area contributed by atoms with Gasteiger partial charge in [0, 0.05) is 19.5 Å². The van der Waals surface area contributed by atoms with Crippen LogP contribution in [0.25, 0.3) is 0 Å². The first-order valence-electron chi connectivity index (χ1n) is 6.34. The highest BCUT2D eigenvalue weighted by Crippen LogP contribution is 2.18. The van der Waals surface area contributed by atoms with Gasteiger partial charge in [-0.2, -0.15) is 0 Å². The van der Waals surface area contributed by atoms with Crippen LogP contribution in [0.1, 0.15) is 25.3 Å². The van der Waals surface area contributed by atoms with E-state index in [0.717, 1.165) is 18.4 Å². The van der Waals surface area contributed by atoms with Gasteiger partial charge < -0.3 is 10.2 Å². The van der Waals surface area contributed by atoms with Crippen molar-refractivity contribution in [2.45, 2.75) is 32.4 Å². The van der Waals surface area contributed by atoms with Crippen molar-refractivity contribution < 1.29 is 14.0 Å². The Morgan fingerprint density at radius 1 is 1.32 bits per heavy atom. The molecule has 0 heterocycles. The van der Waals surface area contributed by atoms with Crippen LogP contribution in [0.5, 0.6) is 0 Å². The fraction of sp³-hybridized carbons (Fsp3) is 0.429. The lowest BCUT2D eigenvalue weighted by Crippen LogP contribution is -2.40. The summed E-state index contributed by atoms with van der Waals surface area (Å²) in [6.45, 7) is 1.78. The summed E-state index contributed by atoms with van der Waals surface area (Å²) in [6, 6.07) is 6.20. The first-order valence-corrected chi connectivity index (χ1v) is 6.34. The molecule has 1 N–H and O–H groups in total. The van der Waals surface area contributed by atoms with Crippen molar-refractivity contribution in [3.63, 3.8) is 0 Å². The molecule has 2 amide bonds. The summed E-state index contributed by atoms with van der Waals surface area (Å²) in [6.07, 6.45) is 2.04. The zero-order chi connectivity index (χ0) is 13.8. The Balaban J connectivity index is 1.93. The Morgan fingerprint density at radius 2 is 1.95 bits per heavy atom. The normalized spacial score (nSPS) is 14.0. The number of benzene rings is 1. The van der Waals surface area contributed by atoms with E-state index in [1.807, 2.05) is 0 Å². The molecule has 1 aliphatic carbocycles. The number of nitrogens with zero attached hydrogens (tertiary/aromatic N) is 1. The van der Waals surface area contributed by atoms with Gasteiger partial charge in [-0.1, -0.05) is 12.1 Å². The minimum Gasteiger partial charge on any atom is -0.352 e. The quantitative estimate of drug-likeness (QED) is 0.875. The van der Waals surface area contributed by atoms with E-state index in [2.05, 4.69) is 5.32 Å². The van der Waals surface area contributed by atoms with Gasteiger partial charge in [-0.05, 0) is 30.5 Å². The lowest BCUT2D eigenvalue weighted by Gasteiger charge is -2.20. The highest BCUT2D eigenvalue weighted by atomic mass is 19.1. The van der Waals surface area contributed by atoms with Crippen molar-refractivity contribution in [2.24, 2.45) is 0 Å². The van der Waals surface area contributed by atoms with E-state index in [1.54, 1.807) is 12.1 Å². The van der Waals surface area contributed by atoms with Crippen molar-refractivity contribution >= 4 is 11.8 Å². The van der Waals surface area contributed by atoms with Crippen molar-refractivity contribution in [3.05, 3.63) is 35.6 Å². The summed E-state index contributed by atoms with van der Waals surface area (Å²) in [5, 5.41) is 2.84. The van der Waals surface area contributed by atoms with Crippen molar-refractivity contribution in [1.82, 2.24) is 10.2 Å². The number of carbonyl (C=O) groups is 2. The average molecular weight is 264 g/mol. The van der Waals surface area contributed by atoms with Crippen LogP contribution in [0, 0.1) is 5.82 Å². The van der Waals surface area contributed by atoms with Gasteiger partial charge >= 0.3 is 0 Å². The van der Waals surface area contributed by atoms with Crippen LogP contribution >= 0.6 is 0 Å². The van der Waals surface area contributed by atoms with Crippen molar-refractivity contribution in [1.29, 1.82) is 0 Å². The van der Waals surface area contributed by atoms with Crippen LogP contribution in [0.4, 0.5) is 4.39 Å². The fourth-order valence-corrected chi connectivity index (χ4v) is 1.76. The summed E-state index contributed by atoms with van der Waals surface area (Å²) in [4.78, 5) is 24.7. The zero-order valence-electron chi connectivity index (χ0n) is 10.9. The van der Waals surface area contributed by atoms with Gasteiger partial charge in [0.15, 0.2) is 0 Å². The van der Waals surface area contributed by atoms with E-state index in [0.29, 0.717) is 6.54 Å². The molecule has 19 heavy (non-hydrogen) atoms. The highest BCUT2D eigenvalue weighted by Gasteiger charge is 2.24. The van der Waals surface area contributed by atoms with E-state index >= 15 is 0 Å². The molecule has 0 unspecified atom stereocenters. The Labute approximate surface area is 111 Å². The number of rotatable bonds is 5. The van der Waals surface area contributed by atoms with E-state index in [9.17, 15) is 14.0 Å². The van der Waals surface area contributed by atoms with E-state index < -0.39 is 0 Å². The maximum Gasteiger partial charge on any atom is 0.239 e. The maximum absolute atomic E-state index is 12.8. The molecule has 1 aliphatic rings. The molecular formula is C14H17FN2O2.